The summed E-state index contributed by atoms with van der Waals surface area (Å²) in [4.78, 5) is 30.7. The third-order valence-electron chi connectivity index (χ3n) is 5.13. The van der Waals surface area contributed by atoms with Gasteiger partial charge in [0.2, 0.25) is 5.91 Å². The molecule has 144 valence electrons. The fourth-order valence-electron chi connectivity index (χ4n) is 3.63. The number of likely N-dealkylation sites (tertiary alicyclic amines) is 1. The van der Waals surface area contributed by atoms with Crippen LogP contribution in [-0.4, -0.2) is 51.4 Å². The molecular weight excluding hydrogens is 361 g/mol. The first kappa shape index (κ1) is 18.1. The van der Waals surface area contributed by atoms with E-state index < -0.39 is 0 Å². The van der Waals surface area contributed by atoms with E-state index in [-0.39, 0.29) is 30.0 Å². The number of halogens is 1. The highest BCUT2D eigenvalue weighted by Gasteiger charge is 2.29. The van der Waals surface area contributed by atoms with Crippen molar-refractivity contribution in [2.75, 3.05) is 20.1 Å². The van der Waals surface area contributed by atoms with Crippen molar-refractivity contribution in [1.29, 1.82) is 0 Å². The molecule has 1 N–H and O–H groups in total. The maximum Gasteiger partial charge on any atom is 0.256 e. The van der Waals surface area contributed by atoms with Crippen LogP contribution in [-0.2, 0) is 11.2 Å². The molecule has 8 heteroatoms. The number of aromatic nitrogens is 3. The Balaban J connectivity index is 1.51. The Morgan fingerprint density at radius 3 is 2.79 bits per heavy atom. The Morgan fingerprint density at radius 2 is 2.04 bits per heavy atom. The number of rotatable bonds is 4. The van der Waals surface area contributed by atoms with E-state index in [1.807, 2.05) is 11.0 Å². The Kier molecular flexibility index (Phi) is 4.77. The third kappa shape index (κ3) is 3.33. The summed E-state index contributed by atoms with van der Waals surface area (Å²) in [6.07, 6.45) is 4.24. The minimum Gasteiger partial charge on any atom is -0.355 e. The summed E-state index contributed by atoms with van der Waals surface area (Å²) in [5.74, 6) is -0.414. The molecule has 3 aromatic rings. The number of hydrogen-bond donors (Lipinski definition) is 1. The van der Waals surface area contributed by atoms with Crippen LogP contribution in [0.1, 0.15) is 34.0 Å². The molecule has 1 atom stereocenters. The lowest BCUT2D eigenvalue weighted by Gasteiger charge is -2.17. The molecule has 0 bridgehead atoms. The zero-order chi connectivity index (χ0) is 19.7. The molecule has 0 spiro atoms. The molecule has 1 saturated heterocycles. The lowest BCUT2D eigenvalue weighted by molar-refractivity contribution is -0.129. The second kappa shape index (κ2) is 7.38. The highest BCUT2D eigenvalue weighted by atomic mass is 19.1. The lowest BCUT2D eigenvalue weighted by Crippen LogP contribution is -2.30. The lowest BCUT2D eigenvalue weighted by atomic mass is 10.0. The molecule has 1 aliphatic heterocycles. The van der Waals surface area contributed by atoms with E-state index in [1.54, 1.807) is 29.9 Å². The van der Waals surface area contributed by atoms with Gasteiger partial charge >= 0.3 is 0 Å². The van der Waals surface area contributed by atoms with Crippen LogP contribution >= 0.6 is 0 Å². The fourth-order valence-corrected chi connectivity index (χ4v) is 3.63. The van der Waals surface area contributed by atoms with Gasteiger partial charge in [-0.2, -0.15) is 5.10 Å². The van der Waals surface area contributed by atoms with Gasteiger partial charge in [0.05, 0.1) is 18.3 Å². The van der Waals surface area contributed by atoms with Gasteiger partial charge < -0.3 is 10.2 Å². The van der Waals surface area contributed by atoms with Gasteiger partial charge in [-0.3, -0.25) is 9.59 Å². The summed E-state index contributed by atoms with van der Waals surface area (Å²) >= 11 is 0. The van der Waals surface area contributed by atoms with E-state index in [2.05, 4.69) is 15.4 Å². The number of nitrogens with one attached hydrogen (secondary N) is 1. The van der Waals surface area contributed by atoms with Crippen molar-refractivity contribution in [3.63, 3.8) is 0 Å². The van der Waals surface area contributed by atoms with Crippen LogP contribution in [0.15, 0.2) is 42.7 Å². The monoisotopic (exact) mass is 381 g/mol. The van der Waals surface area contributed by atoms with Crippen LogP contribution in [0, 0.1) is 5.82 Å². The summed E-state index contributed by atoms with van der Waals surface area (Å²) in [6.45, 7) is 1.23. The molecule has 0 unspecified atom stereocenters. The Hall–Kier alpha value is -3.29. The van der Waals surface area contributed by atoms with Gasteiger partial charge in [-0.1, -0.05) is 12.1 Å². The maximum absolute atomic E-state index is 13.0. The molecule has 2 aromatic heterocycles. The molecule has 3 heterocycles. The first-order chi connectivity index (χ1) is 13.6. The van der Waals surface area contributed by atoms with Crippen molar-refractivity contribution in [2.45, 2.75) is 18.8 Å². The Morgan fingerprint density at radius 1 is 1.25 bits per heavy atom. The van der Waals surface area contributed by atoms with Gasteiger partial charge in [-0.05, 0) is 30.2 Å². The van der Waals surface area contributed by atoms with E-state index in [4.69, 9.17) is 0 Å². The van der Waals surface area contributed by atoms with Crippen molar-refractivity contribution >= 4 is 17.5 Å². The normalized spacial score (nSPS) is 16.5. The molecule has 7 nitrogen and oxygen atoms in total. The molecule has 28 heavy (non-hydrogen) atoms. The summed E-state index contributed by atoms with van der Waals surface area (Å²) in [7, 11) is 1.57. The zero-order valence-electron chi connectivity index (χ0n) is 15.4. The van der Waals surface area contributed by atoms with Crippen molar-refractivity contribution in [2.24, 2.45) is 0 Å². The van der Waals surface area contributed by atoms with Gasteiger partial charge in [0.1, 0.15) is 11.4 Å². The molecule has 1 fully saturated rings. The second-order valence-electron chi connectivity index (χ2n) is 6.87. The van der Waals surface area contributed by atoms with Gasteiger partial charge in [-0.25, -0.2) is 13.9 Å². The molecule has 4 rings (SSSR count). The highest BCUT2D eigenvalue weighted by Crippen LogP contribution is 2.28. The maximum atomic E-state index is 13.0. The minimum atomic E-state index is -0.311. The number of carbonyl (C=O) groups excluding carboxylic acids is 2. The van der Waals surface area contributed by atoms with E-state index in [1.165, 1.54) is 18.3 Å². The molecule has 1 aliphatic rings. The minimum absolute atomic E-state index is 0.0194. The van der Waals surface area contributed by atoms with Crippen LogP contribution in [0.4, 0.5) is 4.39 Å². The number of benzene rings is 1. The van der Waals surface area contributed by atoms with E-state index in [0.29, 0.717) is 24.3 Å². The topological polar surface area (TPSA) is 79.6 Å². The standard InChI is InChI=1S/C20H20FN5O2/c1-22-20(28)16-11-24-26-17(6-8-23-19(16)26)14-7-9-25(12-14)18(27)10-13-2-4-15(21)5-3-13/h2-6,8,11,14H,7,9-10,12H2,1H3,(H,22,28)/t14-/m0/s1. The van der Waals surface area contributed by atoms with E-state index in [0.717, 1.165) is 17.7 Å². The third-order valence-corrected chi connectivity index (χ3v) is 5.13. The molecule has 2 amide bonds. The van der Waals surface area contributed by atoms with E-state index in [9.17, 15) is 14.0 Å². The predicted molar refractivity (Wildman–Crippen MR) is 100 cm³/mol. The predicted octanol–water partition coefficient (Wildman–Crippen LogP) is 1.79. The highest BCUT2D eigenvalue weighted by molar-refractivity contribution is 5.99. The number of carbonyl (C=O) groups is 2. The summed E-state index contributed by atoms with van der Waals surface area (Å²) < 4.78 is 14.7. The summed E-state index contributed by atoms with van der Waals surface area (Å²) in [6, 6.07) is 7.89. The summed E-state index contributed by atoms with van der Waals surface area (Å²) in [5, 5.41) is 6.92. The van der Waals surface area contributed by atoms with Gasteiger partial charge in [0.15, 0.2) is 5.65 Å². The first-order valence-electron chi connectivity index (χ1n) is 9.13. The van der Waals surface area contributed by atoms with Crippen molar-refractivity contribution in [3.05, 3.63) is 65.4 Å². The fraction of sp³-hybridized carbons (Fsp3) is 0.300. The number of hydrogen-bond acceptors (Lipinski definition) is 4. The van der Waals surface area contributed by atoms with Crippen LogP contribution < -0.4 is 5.32 Å². The van der Waals surface area contributed by atoms with Gasteiger partial charge in [0.25, 0.3) is 5.91 Å². The SMILES string of the molecule is CNC(=O)c1cnn2c([C@H]3CCN(C(=O)Cc4ccc(F)cc4)C3)ccnc12. The van der Waals surface area contributed by atoms with Crippen LogP contribution in [0.2, 0.25) is 0 Å². The van der Waals surface area contributed by atoms with Crippen LogP contribution in [0.3, 0.4) is 0 Å². The van der Waals surface area contributed by atoms with Gasteiger partial charge in [0, 0.05) is 32.3 Å². The van der Waals surface area contributed by atoms with Crippen molar-refractivity contribution in [3.8, 4) is 0 Å². The number of amides is 2. The Bertz CT molecular complexity index is 1030. The zero-order valence-corrected chi connectivity index (χ0v) is 15.4. The van der Waals surface area contributed by atoms with Crippen LogP contribution in [0.25, 0.3) is 5.65 Å². The molecule has 0 aliphatic carbocycles. The number of nitrogens with zero attached hydrogens (tertiary/aromatic N) is 4. The molecular formula is C20H20FN5O2. The Labute approximate surface area is 161 Å². The van der Waals surface area contributed by atoms with Crippen molar-refractivity contribution in [1.82, 2.24) is 24.8 Å². The molecule has 0 radical (unpaired) electrons. The number of fused-ring (bicyclic) bond motifs is 1. The average molecular weight is 381 g/mol. The van der Waals surface area contributed by atoms with E-state index >= 15 is 0 Å². The van der Waals surface area contributed by atoms with Gasteiger partial charge in [-0.15, -0.1) is 0 Å². The van der Waals surface area contributed by atoms with Crippen molar-refractivity contribution < 1.29 is 14.0 Å². The first-order valence-corrected chi connectivity index (χ1v) is 9.13. The molecule has 1 aromatic carbocycles. The largest absolute Gasteiger partial charge is 0.355 e. The smallest absolute Gasteiger partial charge is 0.256 e. The second-order valence-corrected chi connectivity index (χ2v) is 6.87. The molecule has 0 saturated carbocycles. The van der Waals surface area contributed by atoms with Crippen LogP contribution in [0.5, 0.6) is 0 Å². The summed E-state index contributed by atoms with van der Waals surface area (Å²) in [5.41, 5.74) is 2.65. The quantitative estimate of drug-likeness (QED) is 0.747. The average Bonchev–Trinajstić information content (AvgIpc) is 3.36.